The number of aliphatic carboxylic acids is 1. The van der Waals surface area contributed by atoms with Gasteiger partial charge in [-0.3, -0.25) is 0 Å². The van der Waals surface area contributed by atoms with Gasteiger partial charge in [-0.2, -0.15) is 13.2 Å². The molecular formula is C11H11BrF3NO3. The highest BCUT2D eigenvalue weighted by molar-refractivity contribution is 9.10. The standard InChI is InChI=1S/C11H11BrF3NO3/c1-19-5-9(10(17)18)16-8-4-6(11(13,14)15)2-3-7(8)12/h2-4,9,16H,5H2,1H3,(H,17,18). The molecule has 2 N–H and O–H groups in total. The van der Waals surface area contributed by atoms with Crippen LogP contribution in [-0.2, 0) is 15.7 Å². The number of halogens is 4. The third-order valence-electron chi connectivity index (χ3n) is 2.25. The van der Waals surface area contributed by atoms with Crippen molar-refractivity contribution in [3.63, 3.8) is 0 Å². The van der Waals surface area contributed by atoms with Crippen molar-refractivity contribution in [2.75, 3.05) is 19.0 Å². The molecule has 1 atom stereocenters. The number of carboxylic acids is 1. The Morgan fingerprint density at radius 3 is 2.63 bits per heavy atom. The van der Waals surface area contributed by atoms with Crippen LogP contribution in [0.25, 0.3) is 0 Å². The monoisotopic (exact) mass is 341 g/mol. The van der Waals surface area contributed by atoms with Crippen LogP contribution < -0.4 is 5.32 Å². The highest BCUT2D eigenvalue weighted by Crippen LogP contribution is 2.34. The molecule has 1 rings (SSSR count). The zero-order chi connectivity index (χ0) is 14.6. The molecule has 0 radical (unpaired) electrons. The number of hydrogen-bond donors (Lipinski definition) is 2. The molecular weight excluding hydrogens is 331 g/mol. The van der Waals surface area contributed by atoms with Crippen LogP contribution in [0, 0.1) is 0 Å². The Morgan fingerprint density at radius 1 is 1.53 bits per heavy atom. The number of alkyl halides is 3. The molecule has 8 heteroatoms. The predicted molar refractivity (Wildman–Crippen MR) is 66.1 cm³/mol. The lowest BCUT2D eigenvalue weighted by Crippen LogP contribution is -2.33. The molecule has 1 aromatic rings. The van der Waals surface area contributed by atoms with Crippen molar-refractivity contribution in [3.8, 4) is 0 Å². The topological polar surface area (TPSA) is 58.6 Å². The van der Waals surface area contributed by atoms with Crippen LogP contribution in [0.1, 0.15) is 5.56 Å². The number of nitrogens with one attached hydrogen (secondary N) is 1. The molecule has 106 valence electrons. The largest absolute Gasteiger partial charge is 0.480 e. The first-order valence-electron chi connectivity index (χ1n) is 5.10. The summed E-state index contributed by atoms with van der Waals surface area (Å²) in [6.45, 7) is -0.169. The van der Waals surface area contributed by atoms with Gasteiger partial charge in [-0.25, -0.2) is 4.79 Å². The smallest absolute Gasteiger partial charge is 0.416 e. The zero-order valence-electron chi connectivity index (χ0n) is 9.79. The Morgan fingerprint density at radius 2 is 2.16 bits per heavy atom. The van der Waals surface area contributed by atoms with E-state index in [1.807, 2.05) is 0 Å². The Bertz CT molecular complexity index is 465. The average Bonchev–Trinajstić information content (AvgIpc) is 2.29. The minimum atomic E-state index is -4.49. The molecule has 19 heavy (non-hydrogen) atoms. The Kier molecular flexibility index (Phi) is 5.19. The van der Waals surface area contributed by atoms with Crippen molar-refractivity contribution in [2.45, 2.75) is 12.2 Å². The molecule has 0 aromatic heterocycles. The van der Waals surface area contributed by atoms with Gasteiger partial charge in [0.05, 0.1) is 12.2 Å². The lowest BCUT2D eigenvalue weighted by atomic mass is 10.2. The van der Waals surface area contributed by atoms with Gasteiger partial charge in [0.25, 0.3) is 0 Å². The lowest BCUT2D eigenvalue weighted by Gasteiger charge is -2.17. The molecule has 0 heterocycles. The SMILES string of the molecule is COCC(Nc1cc(C(F)(F)F)ccc1Br)C(=O)O. The van der Waals surface area contributed by atoms with Crippen molar-refractivity contribution in [1.82, 2.24) is 0 Å². The molecule has 0 aliphatic heterocycles. The molecule has 0 bridgehead atoms. The Hall–Kier alpha value is -1.28. The quantitative estimate of drug-likeness (QED) is 0.864. The number of methoxy groups -OCH3 is 1. The van der Waals surface area contributed by atoms with E-state index in [0.29, 0.717) is 4.47 Å². The minimum absolute atomic E-state index is 0.0410. The fraction of sp³-hybridized carbons (Fsp3) is 0.364. The summed E-state index contributed by atoms with van der Waals surface area (Å²) in [4.78, 5) is 10.9. The third kappa shape index (κ3) is 4.39. The fourth-order valence-electron chi connectivity index (χ4n) is 1.34. The molecule has 0 saturated heterocycles. The molecule has 0 saturated carbocycles. The van der Waals surface area contributed by atoms with Gasteiger partial charge < -0.3 is 15.2 Å². The van der Waals surface area contributed by atoms with Crippen LogP contribution >= 0.6 is 15.9 Å². The predicted octanol–water partition coefficient (Wildman–Crippen LogP) is 2.98. The second kappa shape index (κ2) is 6.25. The van der Waals surface area contributed by atoms with E-state index in [9.17, 15) is 18.0 Å². The third-order valence-corrected chi connectivity index (χ3v) is 2.95. The summed E-state index contributed by atoms with van der Waals surface area (Å²) in [5.74, 6) is -1.22. The number of rotatable bonds is 5. The van der Waals surface area contributed by atoms with E-state index in [1.165, 1.54) is 13.2 Å². The normalized spacial score (nSPS) is 13.1. The molecule has 0 aliphatic carbocycles. The average molecular weight is 342 g/mol. The summed E-state index contributed by atoms with van der Waals surface area (Å²) in [7, 11) is 1.30. The molecule has 1 unspecified atom stereocenters. The summed E-state index contributed by atoms with van der Waals surface area (Å²) in [6.07, 6.45) is -4.49. The van der Waals surface area contributed by atoms with Crippen LogP contribution in [0.15, 0.2) is 22.7 Å². The summed E-state index contributed by atoms with van der Waals surface area (Å²) in [6, 6.07) is 1.82. The molecule has 0 fully saturated rings. The Balaban J connectivity index is 3.02. The highest BCUT2D eigenvalue weighted by Gasteiger charge is 2.31. The second-order valence-electron chi connectivity index (χ2n) is 3.68. The number of anilines is 1. The van der Waals surface area contributed by atoms with Crippen molar-refractivity contribution in [2.24, 2.45) is 0 Å². The van der Waals surface area contributed by atoms with Gasteiger partial charge in [0.1, 0.15) is 6.04 Å². The molecule has 4 nitrogen and oxygen atoms in total. The van der Waals surface area contributed by atoms with E-state index in [0.717, 1.165) is 12.1 Å². The molecule has 0 aliphatic rings. The number of hydrogen-bond acceptors (Lipinski definition) is 3. The van der Waals surface area contributed by atoms with E-state index in [4.69, 9.17) is 9.84 Å². The summed E-state index contributed by atoms with van der Waals surface area (Å²) in [5.41, 5.74) is -0.820. The first-order chi connectivity index (χ1) is 8.75. The van der Waals surface area contributed by atoms with Gasteiger partial charge >= 0.3 is 12.1 Å². The first kappa shape index (κ1) is 15.8. The zero-order valence-corrected chi connectivity index (χ0v) is 11.4. The number of carbonyl (C=O) groups is 1. The van der Waals surface area contributed by atoms with Crippen LogP contribution in [0.4, 0.5) is 18.9 Å². The van der Waals surface area contributed by atoms with Gasteiger partial charge in [-0.15, -0.1) is 0 Å². The number of benzene rings is 1. The van der Waals surface area contributed by atoms with Crippen molar-refractivity contribution in [1.29, 1.82) is 0 Å². The van der Waals surface area contributed by atoms with E-state index in [2.05, 4.69) is 21.2 Å². The maximum absolute atomic E-state index is 12.6. The molecule has 1 aromatic carbocycles. The summed E-state index contributed by atoms with van der Waals surface area (Å²) >= 11 is 3.06. The lowest BCUT2D eigenvalue weighted by molar-refractivity contribution is -0.139. The van der Waals surface area contributed by atoms with Crippen LogP contribution in [0.5, 0.6) is 0 Å². The second-order valence-corrected chi connectivity index (χ2v) is 4.54. The van der Waals surface area contributed by atoms with Crippen molar-refractivity contribution < 1.29 is 27.8 Å². The number of carboxylic acid groups (broad SMARTS) is 1. The van der Waals surface area contributed by atoms with Crippen molar-refractivity contribution >= 4 is 27.6 Å². The summed E-state index contributed by atoms with van der Waals surface area (Å²) in [5, 5.41) is 11.4. The van der Waals surface area contributed by atoms with Gasteiger partial charge in [0, 0.05) is 17.3 Å². The minimum Gasteiger partial charge on any atom is -0.480 e. The van der Waals surface area contributed by atoms with Crippen LogP contribution in [0.2, 0.25) is 0 Å². The van der Waals surface area contributed by atoms with E-state index < -0.39 is 23.8 Å². The number of ether oxygens (including phenoxy) is 1. The molecule has 0 spiro atoms. The van der Waals surface area contributed by atoms with E-state index >= 15 is 0 Å². The van der Waals surface area contributed by atoms with Gasteiger partial charge in [-0.05, 0) is 34.1 Å². The summed E-state index contributed by atoms with van der Waals surface area (Å²) < 4.78 is 42.7. The fourth-order valence-corrected chi connectivity index (χ4v) is 1.70. The molecule has 0 amide bonds. The van der Waals surface area contributed by atoms with Gasteiger partial charge in [-0.1, -0.05) is 0 Å². The van der Waals surface area contributed by atoms with Gasteiger partial charge in [0.2, 0.25) is 0 Å². The maximum atomic E-state index is 12.6. The first-order valence-corrected chi connectivity index (χ1v) is 5.90. The van der Waals surface area contributed by atoms with E-state index in [-0.39, 0.29) is 12.3 Å². The van der Waals surface area contributed by atoms with E-state index in [1.54, 1.807) is 0 Å². The maximum Gasteiger partial charge on any atom is 0.416 e. The van der Waals surface area contributed by atoms with Crippen LogP contribution in [-0.4, -0.2) is 30.8 Å². The van der Waals surface area contributed by atoms with Crippen LogP contribution in [0.3, 0.4) is 0 Å². The Labute approximate surface area is 115 Å². The van der Waals surface area contributed by atoms with Gasteiger partial charge in [0.15, 0.2) is 0 Å². The van der Waals surface area contributed by atoms with Crippen molar-refractivity contribution in [3.05, 3.63) is 28.2 Å². The highest BCUT2D eigenvalue weighted by atomic mass is 79.9.